The Bertz CT molecular complexity index is 469. The van der Waals surface area contributed by atoms with E-state index in [2.05, 4.69) is 28.0 Å². The maximum atomic E-state index is 8.65. The first-order chi connectivity index (χ1) is 9.10. The zero-order chi connectivity index (χ0) is 13.8. The minimum atomic E-state index is 0.0961. The Labute approximate surface area is 121 Å². The van der Waals surface area contributed by atoms with Crippen LogP contribution in [0.15, 0.2) is 27.8 Å². The number of amidine groups is 1. The predicted octanol–water partition coefficient (Wildman–Crippen LogP) is 3.50. The highest BCUT2D eigenvalue weighted by atomic mass is 79.9. The maximum Gasteiger partial charge on any atom is 0.170 e. The second kappa shape index (κ2) is 6.28. The quantitative estimate of drug-likeness (QED) is 0.386. The minimum Gasteiger partial charge on any atom is -0.489 e. The van der Waals surface area contributed by atoms with Crippen LogP contribution in [0, 0.1) is 5.92 Å². The molecule has 4 nitrogen and oxygen atoms in total. The number of halogens is 1. The molecule has 0 aliphatic heterocycles. The number of oxime groups is 1. The van der Waals surface area contributed by atoms with Gasteiger partial charge in [0, 0.05) is 5.56 Å². The van der Waals surface area contributed by atoms with Gasteiger partial charge in [-0.25, -0.2) is 0 Å². The van der Waals surface area contributed by atoms with Crippen LogP contribution < -0.4 is 10.5 Å². The van der Waals surface area contributed by atoms with Crippen LogP contribution in [0.4, 0.5) is 0 Å². The van der Waals surface area contributed by atoms with Crippen molar-refractivity contribution in [2.75, 3.05) is 0 Å². The van der Waals surface area contributed by atoms with E-state index in [1.807, 2.05) is 6.07 Å². The maximum absolute atomic E-state index is 8.65. The molecule has 0 aromatic heterocycles. The van der Waals surface area contributed by atoms with Gasteiger partial charge < -0.3 is 15.7 Å². The molecule has 1 aromatic carbocycles. The van der Waals surface area contributed by atoms with Gasteiger partial charge in [-0.2, -0.15) is 0 Å². The fourth-order valence-corrected chi connectivity index (χ4v) is 2.81. The molecule has 0 saturated heterocycles. The molecular formula is C14H19BrN2O2. The van der Waals surface area contributed by atoms with Crippen molar-refractivity contribution in [3.63, 3.8) is 0 Å². The normalized spacial score (nSPS) is 24.2. The monoisotopic (exact) mass is 326 g/mol. The average Bonchev–Trinajstić information content (AvgIpc) is 2.42. The lowest BCUT2D eigenvalue weighted by molar-refractivity contribution is 0.134. The lowest BCUT2D eigenvalue weighted by Crippen LogP contribution is -2.23. The molecule has 0 amide bonds. The standard InChI is InChI=1S/C14H19BrN2O2/c1-9-2-5-11(6-3-9)19-13-7-4-10(8-12(13)15)14(16)17-18/h4,7-9,11,18H,2-3,5-6H2,1H3,(H2,16,17). The molecule has 2 rings (SSSR count). The Hall–Kier alpha value is -1.23. The summed E-state index contributed by atoms with van der Waals surface area (Å²) in [6.45, 7) is 2.29. The summed E-state index contributed by atoms with van der Waals surface area (Å²) in [5.74, 6) is 1.72. The SMILES string of the molecule is CC1CCC(Oc2ccc(/C(N)=N/O)cc2Br)CC1. The van der Waals surface area contributed by atoms with Crippen molar-refractivity contribution >= 4 is 21.8 Å². The van der Waals surface area contributed by atoms with Crippen LogP contribution in [0.3, 0.4) is 0 Å². The van der Waals surface area contributed by atoms with Crippen molar-refractivity contribution in [2.45, 2.75) is 38.7 Å². The third-order valence-electron chi connectivity index (χ3n) is 3.59. The van der Waals surface area contributed by atoms with E-state index in [-0.39, 0.29) is 5.84 Å². The second-order valence-electron chi connectivity index (χ2n) is 5.13. The molecule has 0 radical (unpaired) electrons. The van der Waals surface area contributed by atoms with Crippen LogP contribution >= 0.6 is 15.9 Å². The molecule has 1 aromatic rings. The van der Waals surface area contributed by atoms with Gasteiger partial charge in [-0.15, -0.1) is 0 Å². The van der Waals surface area contributed by atoms with E-state index in [9.17, 15) is 0 Å². The molecule has 1 saturated carbocycles. The Balaban J connectivity index is 2.05. The number of hydrogen-bond acceptors (Lipinski definition) is 3. The van der Waals surface area contributed by atoms with E-state index in [1.165, 1.54) is 12.8 Å². The number of hydrogen-bond donors (Lipinski definition) is 2. The van der Waals surface area contributed by atoms with E-state index in [1.54, 1.807) is 12.1 Å². The molecule has 0 heterocycles. The van der Waals surface area contributed by atoms with E-state index < -0.39 is 0 Å². The Morgan fingerprint density at radius 2 is 2.05 bits per heavy atom. The molecule has 19 heavy (non-hydrogen) atoms. The van der Waals surface area contributed by atoms with Crippen molar-refractivity contribution in [1.82, 2.24) is 0 Å². The first-order valence-electron chi connectivity index (χ1n) is 6.54. The van der Waals surface area contributed by atoms with Gasteiger partial charge in [-0.3, -0.25) is 0 Å². The molecule has 1 fully saturated rings. The summed E-state index contributed by atoms with van der Waals surface area (Å²) in [6.07, 6.45) is 4.96. The molecule has 0 spiro atoms. The molecule has 3 N–H and O–H groups in total. The van der Waals surface area contributed by atoms with Crippen LogP contribution in [0.5, 0.6) is 5.75 Å². The molecule has 1 aliphatic carbocycles. The topological polar surface area (TPSA) is 67.8 Å². The molecule has 0 unspecified atom stereocenters. The lowest BCUT2D eigenvalue weighted by Gasteiger charge is -2.27. The fourth-order valence-electron chi connectivity index (χ4n) is 2.34. The Morgan fingerprint density at radius 1 is 1.37 bits per heavy atom. The van der Waals surface area contributed by atoms with Gasteiger partial charge in [0.1, 0.15) is 5.75 Å². The zero-order valence-corrected chi connectivity index (χ0v) is 12.6. The number of ether oxygens (including phenoxy) is 1. The van der Waals surface area contributed by atoms with E-state index in [0.29, 0.717) is 11.7 Å². The number of nitrogens with zero attached hydrogens (tertiary/aromatic N) is 1. The Kier molecular flexibility index (Phi) is 4.69. The third-order valence-corrected chi connectivity index (χ3v) is 4.21. The summed E-state index contributed by atoms with van der Waals surface area (Å²) in [4.78, 5) is 0. The average molecular weight is 327 g/mol. The van der Waals surface area contributed by atoms with Crippen LogP contribution in [-0.2, 0) is 0 Å². The van der Waals surface area contributed by atoms with Gasteiger partial charge >= 0.3 is 0 Å². The summed E-state index contributed by atoms with van der Waals surface area (Å²) in [7, 11) is 0. The highest BCUT2D eigenvalue weighted by Gasteiger charge is 2.20. The molecule has 0 bridgehead atoms. The van der Waals surface area contributed by atoms with Crippen LogP contribution in [0.2, 0.25) is 0 Å². The molecule has 0 atom stereocenters. The highest BCUT2D eigenvalue weighted by molar-refractivity contribution is 9.10. The van der Waals surface area contributed by atoms with Gasteiger partial charge in [-0.1, -0.05) is 12.1 Å². The number of rotatable bonds is 3. The molecule has 5 heteroatoms. The number of nitrogens with two attached hydrogens (primary N) is 1. The summed E-state index contributed by atoms with van der Waals surface area (Å²) in [5, 5.41) is 11.6. The zero-order valence-electron chi connectivity index (χ0n) is 11.0. The van der Waals surface area contributed by atoms with Crippen LogP contribution in [0.25, 0.3) is 0 Å². The number of benzene rings is 1. The first kappa shape index (κ1) is 14.2. The van der Waals surface area contributed by atoms with Crippen molar-refractivity contribution in [2.24, 2.45) is 16.8 Å². The summed E-state index contributed by atoms with van der Waals surface area (Å²) < 4.78 is 6.84. The van der Waals surface area contributed by atoms with E-state index >= 15 is 0 Å². The summed E-state index contributed by atoms with van der Waals surface area (Å²) in [6, 6.07) is 5.45. The summed E-state index contributed by atoms with van der Waals surface area (Å²) in [5.41, 5.74) is 6.22. The fraction of sp³-hybridized carbons (Fsp3) is 0.500. The van der Waals surface area contributed by atoms with Crippen molar-refractivity contribution < 1.29 is 9.94 Å². The highest BCUT2D eigenvalue weighted by Crippen LogP contribution is 2.31. The van der Waals surface area contributed by atoms with Crippen molar-refractivity contribution in [3.8, 4) is 5.75 Å². The van der Waals surface area contributed by atoms with Crippen molar-refractivity contribution in [1.29, 1.82) is 0 Å². The van der Waals surface area contributed by atoms with Gasteiger partial charge in [-0.05, 0) is 65.7 Å². The lowest BCUT2D eigenvalue weighted by atomic mass is 9.89. The van der Waals surface area contributed by atoms with Crippen LogP contribution in [-0.4, -0.2) is 17.1 Å². The summed E-state index contributed by atoms with van der Waals surface area (Å²) >= 11 is 3.47. The van der Waals surface area contributed by atoms with Gasteiger partial charge in [0.2, 0.25) is 0 Å². The van der Waals surface area contributed by atoms with Crippen molar-refractivity contribution in [3.05, 3.63) is 28.2 Å². The third kappa shape index (κ3) is 3.62. The minimum absolute atomic E-state index is 0.0961. The van der Waals surface area contributed by atoms with Crippen LogP contribution in [0.1, 0.15) is 38.2 Å². The molecule has 1 aliphatic rings. The molecular weight excluding hydrogens is 308 g/mol. The van der Waals surface area contributed by atoms with E-state index in [4.69, 9.17) is 15.7 Å². The van der Waals surface area contributed by atoms with Gasteiger partial charge in [0.25, 0.3) is 0 Å². The largest absolute Gasteiger partial charge is 0.489 e. The predicted molar refractivity (Wildman–Crippen MR) is 78.7 cm³/mol. The first-order valence-corrected chi connectivity index (χ1v) is 7.33. The van der Waals surface area contributed by atoms with E-state index in [0.717, 1.165) is 29.0 Å². The van der Waals surface area contributed by atoms with Gasteiger partial charge in [0.15, 0.2) is 5.84 Å². The smallest absolute Gasteiger partial charge is 0.170 e. The molecule has 104 valence electrons. The Morgan fingerprint density at radius 3 is 2.63 bits per heavy atom. The second-order valence-corrected chi connectivity index (χ2v) is 5.98. The van der Waals surface area contributed by atoms with Gasteiger partial charge in [0.05, 0.1) is 10.6 Å².